The van der Waals surface area contributed by atoms with Crippen LogP contribution in [0.3, 0.4) is 0 Å². The standard InChI is InChI=1S/C26H34N4OS/c1-18-12-15-29(16-13-18)23-10-7-21(8-11-23)20(3)27-26(32)28-22-9-6-19(2)24(17-22)30-14-4-5-25(30)31/h6-11,17-18,20H,4-5,12-16H2,1-3H3,(H2,27,28,32)/t20-/m0/s1. The normalized spacial score (nSPS) is 18.0. The van der Waals surface area contributed by atoms with Gasteiger partial charge in [-0.05, 0) is 86.6 Å². The molecule has 2 fully saturated rings. The molecular weight excluding hydrogens is 416 g/mol. The van der Waals surface area contributed by atoms with Crippen LogP contribution < -0.4 is 20.4 Å². The molecular formula is C26H34N4OS. The Balaban J connectivity index is 1.35. The predicted molar refractivity (Wildman–Crippen MR) is 138 cm³/mol. The molecule has 5 nitrogen and oxygen atoms in total. The molecule has 32 heavy (non-hydrogen) atoms. The van der Waals surface area contributed by atoms with Crippen LogP contribution in [-0.4, -0.2) is 30.7 Å². The van der Waals surface area contributed by atoms with Crippen LogP contribution in [0.4, 0.5) is 17.1 Å². The van der Waals surface area contributed by atoms with Crippen molar-refractivity contribution in [2.75, 3.05) is 34.8 Å². The van der Waals surface area contributed by atoms with Gasteiger partial charge in [-0.2, -0.15) is 0 Å². The summed E-state index contributed by atoms with van der Waals surface area (Å²) in [6.45, 7) is 9.57. The molecule has 4 rings (SSSR count). The van der Waals surface area contributed by atoms with Crippen LogP contribution in [0.25, 0.3) is 0 Å². The topological polar surface area (TPSA) is 47.6 Å². The van der Waals surface area contributed by atoms with Crippen LogP contribution in [0.1, 0.15) is 56.7 Å². The number of rotatable bonds is 5. The molecule has 170 valence electrons. The van der Waals surface area contributed by atoms with Gasteiger partial charge < -0.3 is 20.4 Å². The first-order valence-electron chi connectivity index (χ1n) is 11.7. The van der Waals surface area contributed by atoms with Crippen molar-refractivity contribution in [2.45, 2.75) is 52.5 Å². The SMILES string of the molecule is Cc1ccc(NC(=S)N[C@@H](C)c2ccc(N3CCC(C)CC3)cc2)cc1N1CCCC1=O. The van der Waals surface area contributed by atoms with Crippen molar-refractivity contribution >= 4 is 40.3 Å². The van der Waals surface area contributed by atoms with Crippen molar-refractivity contribution < 1.29 is 4.79 Å². The maximum Gasteiger partial charge on any atom is 0.227 e. The minimum absolute atomic E-state index is 0.0931. The number of carbonyl (C=O) groups is 1. The van der Waals surface area contributed by atoms with E-state index in [9.17, 15) is 4.79 Å². The number of piperidine rings is 1. The fraction of sp³-hybridized carbons (Fsp3) is 0.462. The van der Waals surface area contributed by atoms with Gasteiger partial charge in [0.2, 0.25) is 5.91 Å². The third-order valence-electron chi connectivity index (χ3n) is 6.72. The maximum atomic E-state index is 12.2. The number of nitrogens with one attached hydrogen (secondary N) is 2. The van der Waals surface area contributed by atoms with E-state index in [2.05, 4.69) is 53.6 Å². The Hall–Kier alpha value is -2.60. The van der Waals surface area contributed by atoms with E-state index < -0.39 is 0 Å². The van der Waals surface area contributed by atoms with E-state index in [0.717, 1.165) is 48.9 Å². The van der Waals surface area contributed by atoms with E-state index in [1.165, 1.54) is 24.1 Å². The quantitative estimate of drug-likeness (QED) is 0.597. The number of aryl methyl sites for hydroxylation is 1. The van der Waals surface area contributed by atoms with Crippen LogP contribution in [-0.2, 0) is 4.79 Å². The van der Waals surface area contributed by atoms with Gasteiger partial charge in [-0.1, -0.05) is 25.1 Å². The third kappa shape index (κ3) is 5.23. The molecule has 1 atom stereocenters. The average Bonchev–Trinajstić information content (AvgIpc) is 3.21. The van der Waals surface area contributed by atoms with Gasteiger partial charge in [0.15, 0.2) is 5.11 Å². The number of hydrogen-bond acceptors (Lipinski definition) is 3. The van der Waals surface area contributed by atoms with Gasteiger partial charge in [-0.25, -0.2) is 0 Å². The summed E-state index contributed by atoms with van der Waals surface area (Å²) >= 11 is 5.57. The molecule has 0 radical (unpaired) electrons. The highest BCUT2D eigenvalue weighted by molar-refractivity contribution is 7.80. The van der Waals surface area contributed by atoms with Crippen molar-refractivity contribution in [2.24, 2.45) is 5.92 Å². The van der Waals surface area contributed by atoms with Gasteiger partial charge in [-0.15, -0.1) is 0 Å². The van der Waals surface area contributed by atoms with Crippen LogP contribution in [0.2, 0.25) is 0 Å². The van der Waals surface area contributed by atoms with Crippen molar-refractivity contribution in [3.63, 3.8) is 0 Å². The minimum Gasteiger partial charge on any atom is -0.372 e. The van der Waals surface area contributed by atoms with Gasteiger partial charge >= 0.3 is 0 Å². The number of thiocarbonyl (C=S) groups is 1. The smallest absolute Gasteiger partial charge is 0.227 e. The van der Waals surface area contributed by atoms with Crippen molar-refractivity contribution in [3.05, 3.63) is 53.6 Å². The molecule has 2 N–H and O–H groups in total. The molecule has 0 bridgehead atoms. The van der Waals surface area contributed by atoms with E-state index in [4.69, 9.17) is 12.2 Å². The first-order chi connectivity index (χ1) is 15.4. The molecule has 0 unspecified atom stereocenters. The lowest BCUT2D eigenvalue weighted by Crippen LogP contribution is -2.33. The second-order valence-corrected chi connectivity index (χ2v) is 9.64. The Labute approximate surface area is 197 Å². The Morgan fingerprint density at radius 2 is 1.81 bits per heavy atom. The number of amides is 1. The molecule has 2 heterocycles. The molecule has 2 aliphatic heterocycles. The van der Waals surface area contributed by atoms with E-state index in [1.54, 1.807) is 0 Å². The molecule has 2 aliphatic rings. The van der Waals surface area contributed by atoms with Crippen LogP contribution in [0.5, 0.6) is 0 Å². The van der Waals surface area contributed by atoms with Crippen LogP contribution in [0, 0.1) is 12.8 Å². The van der Waals surface area contributed by atoms with Crippen molar-refractivity contribution in [1.29, 1.82) is 0 Å². The lowest BCUT2D eigenvalue weighted by Gasteiger charge is -2.32. The molecule has 1 amide bonds. The summed E-state index contributed by atoms with van der Waals surface area (Å²) in [5, 5.41) is 7.26. The average molecular weight is 451 g/mol. The molecule has 0 aliphatic carbocycles. The second-order valence-electron chi connectivity index (χ2n) is 9.23. The number of anilines is 3. The van der Waals surface area contributed by atoms with E-state index >= 15 is 0 Å². The molecule has 0 aromatic heterocycles. The highest BCUT2D eigenvalue weighted by Gasteiger charge is 2.23. The summed E-state index contributed by atoms with van der Waals surface area (Å²) < 4.78 is 0. The summed E-state index contributed by atoms with van der Waals surface area (Å²) in [5.41, 5.74) is 5.47. The van der Waals surface area contributed by atoms with E-state index in [-0.39, 0.29) is 11.9 Å². The summed E-state index contributed by atoms with van der Waals surface area (Å²) in [6, 6.07) is 15.0. The van der Waals surface area contributed by atoms with Gasteiger partial charge in [0.1, 0.15) is 0 Å². The molecule has 0 spiro atoms. The van der Waals surface area contributed by atoms with Crippen molar-refractivity contribution in [3.8, 4) is 0 Å². The molecule has 0 saturated carbocycles. The summed E-state index contributed by atoms with van der Waals surface area (Å²) in [4.78, 5) is 16.5. The molecule has 2 aromatic rings. The lowest BCUT2D eigenvalue weighted by atomic mass is 9.98. The second kappa shape index (κ2) is 9.90. The summed E-state index contributed by atoms with van der Waals surface area (Å²) in [7, 11) is 0. The first-order valence-corrected chi connectivity index (χ1v) is 12.1. The summed E-state index contributed by atoms with van der Waals surface area (Å²) in [6.07, 6.45) is 4.09. The van der Waals surface area contributed by atoms with Gasteiger partial charge in [0.25, 0.3) is 0 Å². The largest absolute Gasteiger partial charge is 0.372 e. The zero-order valence-electron chi connectivity index (χ0n) is 19.4. The van der Waals surface area contributed by atoms with Crippen LogP contribution in [0.15, 0.2) is 42.5 Å². The van der Waals surface area contributed by atoms with E-state index in [0.29, 0.717) is 11.5 Å². The minimum atomic E-state index is 0.0931. The Morgan fingerprint density at radius 1 is 1.09 bits per heavy atom. The Bertz CT molecular complexity index is 966. The number of nitrogens with zero attached hydrogens (tertiary/aromatic N) is 2. The molecule has 2 saturated heterocycles. The number of hydrogen-bond donors (Lipinski definition) is 2. The first kappa shape index (κ1) is 22.6. The fourth-order valence-corrected chi connectivity index (χ4v) is 4.86. The fourth-order valence-electron chi connectivity index (χ4n) is 4.57. The van der Waals surface area contributed by atoms with Gasteiger partial charge in [-0.3, -0.25) is 4.79 Å². The summed E-state index contributed by atoms with van der Waals surface area (Å²) in [5.74, 6) is 1.03. The third-order valence-corrected chi connectivity index (χ3v) is 6.94. The highest BCUT2D eigenvalue weighted by atomic mass is 32.1. The van der Waals surface area contributed by atoms with Gasteiger partial charge in [0, 0.05) is 43.1 Å². The predicted octanol–water partition coefficient (Wildman–Crippen LogP) is 5.41. The number of benzene rings is 2. The zero-order chi connectivity index (χ0) is 22.7. The molecule has 6 heteroatoms. The monoisotopic (exact) mass is 450 g/mol. The van der Waals surface area contributed by atoms with Crippen LogP contribution >= 0.6 is 12.2 Å². The lowest BCUT2D eigenvalue weighted by molar-refractivity contribution is -0.117. The zero-order valence-corrected chi connectivity index (χ0v) is 20.2. The van der Waals surface area contributed by atoms with Gasteiger partial charge in [0.05, 0.1) is 6.04 Å². The molecule has 2 aromatic carbocycles. The Kier molecular flexibility index (Phi) is 6.99. The maximum absolute atomic E-state index is 12.2. The number of carbonyl (C=O) groups excluding carboxylic acids is 1. The Morgan fingerprint density at radius 3 is 2.47 bits per heavy atom. The highest BCUT2D eigenvalue weighted by Crippen LogP contribution is 2.28. The van der Waals surface area contributed by atoms with Crippen molar-refractivity contribution in [1.82, 2.24) is 5.32 Å². The van der Waals surface area contributed by atoms with E-state index in [1.807, 2.05) is 30.0 Å².